The smallest absolute Gasteiger partial charge is 0.273 e. The van der Waals surface area contributed by atoms with E-state index >= 15 is 0 Å². The van der Waals surface area contributed by atoms with E-state index in [0.717, 1.165) is 11.1 Å². The van der Waals surface area contributed by atoms with Gasteiger partial charge in [-0.15, -0.1) is 0 Å². The lowest BCUT2D eigenvalue weighted by Crippen LogP contribution is -2.20. The predicted molar refractivity (Wildman–Crippen MR) is 110 cm³/mol. The number of carbonyl (C=O) groups is 1. The number of benzene rings is 3. The summed E-state index contributed by atoms with van der Waals surface area (Å²) in [4.78, 5) is 22.4. The van der Waals surface area contributed by atoms with E-state index in [-0.39, 0.29) is 24.5 Å². The van der Waals surface area contributed by atoms with Crippen molar-refractivity contribution in [3.8, 4) is 5.75 Å². The molecule has 152 valence electrons. The maximum absolute atomic E-state index is 13.2. The second-order valence-corrected chi connectivity index (χ2v) is 6.34. The Kier molecular flexibility index (Phi) is 6.83. The number of halogens is 1. The van der Waals surface area contributed by atoms with Crippen LogP contribution in [0.3, 0.4) is 0 Å². The average molecular weight is 407 g/mol. The van der Waals surface area contributed by atoms with Gasteiger partial charge in [0, 0.05) is 11.6 Å². The molecule has 0 radical (unpaired) electrons. The topological polar surface area (TPSA) is 93.8 Å². The molecule has 0 heterocycles. The Morgan fingerprint density at radius 2 is 1.87 bits per heavy atom. The van der Waals surface area contributed by atoms with Crippen molar-refractivity contribution in [3.05, 3.63) is 105 Å². The number of rotatable bonds is 8. The van der Waals surface area contributed by atoms with E-state index in [4.69, 9.17) is 4.74 Å². The van der Waals surface area contributed by atoms with Gasteiger partial charge < -0.3 is 4.74 Å². The molecule has 1 N–H and O–H groups in total. The standard InChI is InChI=1S/C22H18FN3O4/c23-19-6-3-4-17(12-19)15-30-20-10-8-16(9-11-20)14-24-25-22(27)13-18-5-1-2-7-21(18)26(28)29/h1-12,14H,13,15H2,(H,25,27). The fourth-order valence-electron chi connectivity index (χ4n) is 2.67. The first kappa shape index (κ1) is 20.7. The van der Waals surface area contributed by atoms with Crippen LogP contribution in [-0.2, 0) is 17.8 Å². The summed E-state index contributed by atoms with van der Waals surface area (Å²) in [6.07, 6.45) is 1.30. The molecule has 0 bridgehead atoms. The molecule has 8 heteroatoms. The third kappa shape index (κ3) is 5.96. The van der Waals surface area contributed by atoms with Crippen LogP contribution in [0, 0.1) is 15.9 Å². The number of amides is 1. The lowest BCUT2D eigenvalue weighted by molar-refractivity contribution is -0.385. The second-order valence-electron chi connectivity index (χ2n) is 6.34. The molecule has 3 aromatic carbocycles. The van der Waals surface area contributed by atoms with Crippen LogP contribution in [0.1, 0.15) is 16.7 Å². The zero-order valence-electron chi connectivity index (χ0n) is 15.8. The van der Waals surface area contributed by atoms with Gasteiger partial charge >= 0.3 is 0 Å². The Morgan fingerprint density at radius 3 is 2.60 bits per heavy atom. The van der Waals surface area contributed by atoms with E-state index in [1.807, 2.05) is 0 Å². The molecule has 30 heavy (non-hydrogen) atoms. The summed E-state index contributed by atoms with van der Waals surface area (Å²) in [6, 6.07) is 19.2. The number of hydrazone groups is 1. The summed E-state index contributed by atoms with van der Waals surface area (Å²) in [5.41, 5.74) is 4.01. The Balaban J connectivity index is 1.50. The molecule has 0 aliphatic carbocycles. The molecule has 3 aromatic rings. The van der Waals surface area contributed by atoms with Gasteiger partial charge in [0.15, 0.2) is 0 Å². The van der Waals surface area contributed by atoms with E-state index in [0.29, 0.717) is 11.3 Å². The number of nitro benzene ring substituents is 1. The van der Waals surface area contributed by atoms with Crippen LogP contribution >= 0.6 is 0 Å². The largest absolute Gasteiger partial charge is 0.489 e. The molecule has 0 unspecified atom stereocenters. The molecule has 0 atom stereocenters. The summed E-state index contributed by atoms with van der Waals surface area (Å²) in [5, 5.41) is 14.9. The maximum atomic E-state index is 13.2. The first-order valence-corrected chi connectivity index (χ1v) is 9.03. The summed E-state index contributed by atoms with van der Waals surface area (Å²) in [7, 11) is 0. The van der Waals surface area contributed by atoms with E-state index in [2.05, 4.69) is 10.5 Å². The van der Waals surface area contributed by atoms with Crippen LogP contribution in [0.5, 0.6) is 5.75 Å². The SMILES string of the molecule is O=C(Cc1ccccc1[N+](=O)[O-])NN=Cc1ccc(OCc2cccc(F)c2)cc1. The van der Waals surface area contributed by atoms with Gasteiger partial charge in [-0.1, -0.05) is 30.3 Å². The molecule has 0 aliphatic rings. The Hall–Kier alpha value is -4.07. The molecule has 0 aromatic heterocycles. The minimum absolute atomic E-state index is 0.106. The van der Waals surface area contributed by atoms with Gasteiger partial charge in [-0.3, -0.25) is 14.9 Å². The van der Waals surface area contributed by atoms with Crippen molar-refractivity contribution >= 4 is 17.8 Å². The van der Waals surface area contributed by atoms with Crippen LogP contribution in [0.2, 0.25) is 0 Å². The van der Waals surface area contributed by atoms with Crippen molar-refractivity contribution < 1.29 is 18.8 Å². The number of nitrogens with zero attached hydrogens (tertiary/aromatic N) is 2. The van der Waals surface area contributed by atoms with Crippen molar-refractivity contribution in [1.82, 2.24) is 5.43 Å². The van der Waals surface area contributed by atoms with Gasteiger partial charge in [0.1, 0.15) is 18.2 Å². The van der Waals surface area contributed by atoms with Crippen LogP contribution in [0.25, 0.3) is 0 Å². The lowest BCUT2D eigenvalue weighted by Gasteiger charge is -2.06. The number of para-hydroxylation sites is 1. The first-order chi connectivity index (χ1) is 14.5. The lowest BCUT2D eigenvalue weighted by atomic mass is 10.1. The highest BCUT2D eigenvalue weighted by Crippen LogP contribution is 2.18. The van der Waals surface area contributed by atoms with E-state index in [1.165, 1.54) is 30.5 Å². The molecule has 0 fully saturated rings. The molecule has 0 spiro atoms. The van der Waals surface area contributed by atoms with Crippen LogP contribution in [-0.4, -0.2) is 17.0 Å². The molecule has 0 saturated carbocycles. The summed E-state index contributed by atoms with van der Waals surface area (Å²) >= 11 is 0. The third-order valence-corrected chi connectivity index (χ3v) is 4.12. The highest BCUT2D eigenvalue weighted by atomic mass is 19.1. The van der Waals surface area contributed by atoms with Crippen molar-refractivity contribution in [3.63, 3.8) is 0 Å². The normalized spacial score (nSPS) is 10.7. The summed E-state index contributed by atoms with van der Waals surface area (Å²) in [6.45, 7) is 0.243. The van der Waals surface area contributed by atoms with Gasteiger partial charge in [0.05, 0.1) is 17.6 Å². The minimum atomic E-state index is -0.524. The Labute approximate surface area is 172 Å². The van der Waals surface area contributed by atoms with Crippen LogP contribution in [0.4, 0.5) is 10.1 Å². The van der Waals surface area contributed by atoms with Crippen molar-refractivity contribution in [2.45, 2.75) is 13.0 Å². The predicted octanol–water partition coefficient (Wildman–Crippen LogP) is 4.01. The summed E-state index contributed by atoms with van der Waals surface area (Å²) < 4.78 is 18.8. The number of hydrogen-bond donors (Lipinski definition) is 1. The number of nitro groups is 1. The van der Waals surface area contributed by atoms with Gasteiger partial charge in [0.2, 0.25) is 5.91 Å². The molecule has 0 aliphatic heterocycles. The zero-order chi connectivity index (χ0) is 21.3. The van der Waals surface area contributed by atoms with Gasteiger partial charge in [-0.05, 0) is 47.5 Å². The fourth-order valence-corrected chi connectivity index (χ4v) is 2.67. The number of hydrogen-bond acceptors (Lipinski definition) is 5. The highest BCUT2D eigenvalue weighted by molar-refractivity contribution is 5.83. The van der Waals surface area contributed by atoms with Crippen molar-refractivity contribution in [1.29, 1.82) is 0 Å². The molecule has 0 saturated heterocycles. The Morgan fingerprint density at radius 1 is 1.10 bits per heavy atom. The quantitative estimate of drug-likeness (QED) is 0.347. The van der Waals surface area contributed by atoms with E-state index < -0.39 is 10.8 Å². The zero-order valence-corrected chi connectivity index (χ0v) is 15.8. The Bertz CT molecular complexity index is 1070. The van der Waals surface area contributed by atoms with Crippen LogP contribution < -0.4 is 10.2 Å². The molecule has 7 nitrogen and oxygen atoms in total. The molecule has 1 amide bonds. The monoisotopic (exact) mass is 407 g/mol. The minimum Gasteiger partial charge on any atom is -0.489 e. The molecular weight excluding hydrogens is 389 g/mol. The first-order valence-electron chi connectivity index (χ1n) is 9.03. The second kappa shape index (κ2) is 9.92. The highest BCUT2D eigenvalue weighted by Gasteiger charge is 2.14. The van der Waals surface area contributed by atoms with Crippen molar-refractivity contribution in [2.75, 3.05) is 0 Å². The summed E-state index contributed by atoms with van der Waals surface area (Å²) in [5.74, 6) is -0.168. The number of carbonyl (C=O) groups excluding carboxylic acids is 1. The fraction of sp³-hybridized carbons (Fsp3) is 0.0909. The number of ether oxygens (including phenoxy) is 1. The van der Waals surface area contributed by atoms with Crippen LogP contribution in [0.15, 0.2) is 77.9 Å². The molecule has 3 rings (SSSR count). The molecular formula is C22H18FN3O4. The van der Waals surface area contributed by atoms with Gasteiger partial charge in [-0.2, -0.15) is 5.10 Å². The maximum Gasteiger partial charge on any atom is 0.273 e. The number of nitrogens with one attached hydrogen (secondary N) is 1. The van der Waals surface area contributed by atoms with Crippen molar-refractivity contribution in [2.24, 2.45) is 5.10 Å². The average Bonchev–Trinajstić information content (AvgIpc) is 2.73. The van der Waals surface area contributed by atoms with Gasteiger partial charge in [0.25, 0.3) is 5.69 Å². The third-order valence-electron chi connectivity index (χ3n) is 4.12. The van der Waals surface area contributed by atoms with E-state index in [1.54, 1.807) is 48.5 Å². The van der Waals surface area contributed by atoms with E-state index in [9.17, 15) is 19.3 Å². The van der Waals surface area contributed by atoms with Gasteiger partial charge in [-0.25, -0.2) is 9.82 Å².